The second-order valence-corrected chi connectivity index (χ2v) is 5.47. The molecule has 1 aromatic carbocycles. The molecule has 3 heterocycles. The van der Waals surface area contributed by atoms with Gasteiger partial charge in [-0.2, -0.15) is 13.2 Å². The number of H-pyrrole nitrogens is 1. The summed E-state index contributed by atoms with van der Waals surface area (Å²) in [6.07, 6.45) is 0.280. The molecular weight excluding hydrogens is 345 g/mol. The third-order valence-electron chi connectivity index (χ3n) is 3.67. The van der Waals surface area contributed by atoms with Gasteiger partial charge < -0.3 is 10.3 Å². The van der Waals surface area contributed by atoms with Crippen molar-refractivity contribution in [2.24, 2.45) is 0 Å². The highest BCUT2D eigenvalue weighted by Crippen LogP contribution is 2.31. The van der Waals surface area contributed by atoms with Gasteiger partial charge in [-0.15, -0.1) is 0 Å². The number of hydrogen-bond acceptors (Lipinski definition) is 5. The fourth-order valence-corrected chi connectivity index (χ4v) is 2.45. The van der Waals surface area contributed by atoms with Crippen LogP contribution >= 0.6 is 0 Å². The van der Waals surface area contributed by atoms with Gasteiger partial charge >= 0.3 is 6.18 Å². The van der Waals surface area contributed by atoms with Crippen molar-refractivity contribution in [3.05, 3.63) is 60.7 Å². The second-order valence-electron chi connectivity index (χ2n) is 5.47. The van der Waals surface area contributed by atoms with Crippen LogP contribution in [-0.2, 0) is 6.18 Å². The molecule has 0 fully saturated rings. The molecule has 4 rings (SSSR count). The smallest absolute Gasteiger partial charge is 0.343 e. The van der Waals surface area contributed by atoms with Crippen LogP contribution in [0.5, 0.6) is 0 Å². The lowest BCUT2D eigenvalue weighted by atomic mass is 10.2. The molecule has 6 nitrogen and oxygen atoms in total. The quantitative estimate of drug-likeness (QED) is 0.576. The molecular formula is C17H11F3N6. The van der Waals surface area contributed by atoms with Crippen LogP contribution in [-0.4, -0.2) is 24.9 Å². The Hall–Kier alpha value is -3.49. The Morgan fingerprint density at radius 2 is 1.88 bits per heavy atom. The summed E-state index contributed by atoms with van der Waals surface area (Å²) in [7, 11) is 0. The molecule has 0 aliphatic carbocycles. The Balaban J connectivity index is 1.64. The molecule has 0 aliphatic heterocycles. The SMILES string of the molecule is FC(F)(F)c1cccc(Nc2nccc(-c3cnc4nc[nH]c4c3)n2)c1. The van der Waals surface area contributed by atoms with Gasteiger partial charge in [-0.25, -0.2) is 19.9 Å². The zero-order chi connectivity index (χ0) is 18.1. The van der Waals surface area contributed by atoms with E-state index in [-0.39, 0.29) is 11.6 Å². The third-order valence-corrected chi connectivity index (χ3v) is 3.67. The summed E-state index contributed by atoms with van der Waals surface area (Å²) in [5.74, 6) is 0.187. The highest BCUT2D eigenvalue weighted by atomic mass is 19.4. The summed E-state index contributed by atoms with van der Waals surface area (Å²) >= 11 is 0. The number of halogens is 3. The average molecular weight is 356 g/mol. The van der Waals surface area contributed by atoms with Gasteiger partial charge in [0, 0.05) is 23.6 Å². The summed E-state index contributed by atoms with van der Waals surface area (Å²) in [6, 6.07) is 8.39. The maximum absolute atomic E-state index is 12.8. The van der Waals surface area contributed by atoms with Crippen molar-refractivity contribution in [1.29, 1.82) is 0 Å². The van der Waals surface area contributed by atoms with Crippen molar-refractivity contribution in [3.8, 4) is 11.3 Å². The Morgan fingerprint density at radius 1 is 1.00 bits per heavy atom. The first-order chi connectivity index (χ1) is 12.5. The van der Waals surface area contributed by atoms with Crippen molar-refractivity contribution in [2.75, 3.05) is 5.32 Å². The number of alkyl halides is 3. The number of rotatable bonds is 3. The molecule has 4 aromatic rings. The van der Waals surface area contributed by atoms with E-state index in [0.29, 0.717) is 11.3 Å². The van der Waals surface area contributed by atoms with Gasteiger partial charge in [0.25, 0.3) is 0 Å². The van der Waals surface area contributed by atoms with Gasteiger partial charge in [-0.1, -0.05) is 6.07 Å². The summed E-state index contributed by atoms with van der Waals surface area (Å²) < 4.78 is 38.5. The minimum atomic E-state index is -4.41. The molecule has 0 unspecified atom stereocenters. The number of fused-ring (bicyclic) bond motifs is 1. The molecule has 0 amide bonds. The normalized spacial score (nSPS) is 11.7. The molecule has 9 heteroatoms. The number of benzene rings is 1. The van der Waals surface area contributed by atoms with E-state index < -0.39 is 11.7 Å². The lowest BCUT2D eigenvalue weighted by Crippen LogP contribution is -2.05. The largest absolute Gasteiger partial charge is 0.416 e. The maximum atomic E-state index is 12.8. The predicted octanol–water partition coefficient (Wildman–Crippen LogP) is 4.18. The number of aromatic nitrogens is 5. The molecule has 0 aliphatic rings. The third kappa shape index (κ3) is 3.18. The van der Waals surface area contributed by atoms with Crippen molar-refractivity contribution in [2.45, 2.75) is 6.18 Å². The molecule has 0 saturated heterocycles. The first-order valence-corrected chi connectivity index (χ1v) is 7.56. The Kier molecular flexibility index (Phi) is 3.76. The van der Waals surface area contributed by atoms with Gasteiger partial charge in [0.05, 0.1) is 23.1 Å². The topological polar surface area (TPSA) is 79.4 Å². The number of aromatic amines is 1. The monoisotopic (exact) mass is 356 g/mol. The van der Waals surface area contributed by atoms with Gasteiger partial charge in [0.2, 0.25) is 5.95 Å². The van der Waals surface area contributed by atoms with Crippen molar-refractivity contribution in [1.82, 2.24) is 24.9 Å². The summed E-state index contributed by atoms with van der Waals surface area (Å²) in [6.45, 7) is 0. The standard InChI is InChI=1S/C17H11F3N6/c18-17(19,20)11-2-1-3-12(7-11)25-16-21-5-4-13(26-16)10-6-14-15(22-8-10)24-9-23-14/h1-9H,(H,21,25,26)(H,22,23,24). The van der Waals surface area contributed by atoms with E-state index in [1.165, 1.54) is 18.3 Å². The molecule has 130 valence electrons. The van der Waals surface area contributed by atoms with Gasteiger partial charge in [0.1, 0.15) is 0 Å². The Morgan fingerprint density at radius 3 is 2.73 bits per heavy atom. The number of anilines is 2. The number of nitrogens with one attached hydrogen (secondary N) is 2. The van der Waals surface area contributed by atoms with Gasteiger partial charge in [-0.05, 0) is 30.3 Å². The van der Waals surface area contributed by atoms with Crippen LogP contribution in [0, 0.1) is 0 Å². The molecule has 2 N–H and O–H groups in total. The van der Waals surface area contributed by atoms with E-state index >= 15 is 0 Å². The van der Waals surface area contributed by atoms with Crippen LogP contribution in [0.25, 0.3) is 22.4 Å². The number of nitrogens with zero attached hydrogens (tertiary/aromatic N) is 4. The minimum Gasteiger partial charge on any atom is -0.343 e. The van der Waals surface area contributed by atoms with E-state index in [1.807, 2.05) is 6.07 Å². The van der Waals surface area contributed by atoms with Crippen molar-refractivity contribution >= 4 is 22.8 Å². The van der Waals surface area contributed by atoms with Gasteiger partial charge in [-0.3, -0.25) is 0 Å². The minimum absolute atomic E-state index is 0.187. The molecule has 0 atom stereocenters. The second kappa shape index (κ2) is 6.10. The van der Waals surface area contributed by atoms with E-state index in [4.69, 9.17) is 0 Å². The molecule has 0 bridgehead atoms. The lowest BCUT2D eigenvalue weighted by Gasteiger charge is -2.10. The predicted molar refractivity (Wildman–Crippen MR) is 89.6 cm³/mol. The Bertz CT molecular complexity index is 1070. The highest BCUT2D eigenvalue weighted by molar-refractivity contribution is 5.76. The van der Waals surface area contributed by atoms with E-state index in [9.17, 15) is 13.2 Å². The fraction of sp³-hybridized carbons (Fsp3) is 0.0588. The van der Waals surface area contributed by atoms with Crippen LogP contribution in [0.3, 0.4) is 0 Å². The number of hydrogen-bond donors (Lipinski definition) is 2. The molecule has 0 radical (unpaired) electrons. The van der Waals surface area contributed by atoms with Crippen molar-refractivity contribution < 1.29 is 13.2 Å². The highest BCUT2D eigenvalue weighted by Gasteiger charge is 2.30. The van der Waals surface area contributed by atoms with E-state index in [1.54, 1.807) is 18.6 Å². The molecule has 26 heavy (non-hydrogen) atoms. The van der Waals surface area contributed by atoms with E-state index in [0.717, 1.165) is 23.2 Å². The van der Waals surface area contributed by atoms with Gasteiger partial charge in [0.15, 0.2) is 5.65 Å². The van der Waals surface area contributed by atoms with Crippen LogP contribution < -0.4 is 5.32 Å². The number of pyridine rings is 1. The Labute approximate surface area is 145 Å². The summed E-state index contributed by atoms with van der Waals surface area (Å²) in [5.41, 5.74) is 2.17. The zero-order valence-electron chi connectivity index (χ0n) is 13.1. The first kappa shape index (κ1) is 16.0. The van der Waals surface area contributed by atoms with E-state index in [2.05, 4.69) is 30.2 Å². The summed E-state index contributed by atoms with van der Waals surface area (Å²) in [4.78, 5) is 19.6. The van der Waals surface area contributed by atoms with Crippen LogP contribution in [0.2, 0.25) is 0 Å². The van der Waals surface area contributed by atoms with Crippen LogP contribution in [0.1, 0.15) is 5.56 Å². The van der Waals surface area contributed by atoms with Crippen molar-refractivity contribution in [3.63, 3.8) is 0 Å². The van der Waals surface area contributed by atoms with Crippen LogP contribution in [0.4, 0.5) is 24.8 Å². The molecule has 3 aromatic heterocycles. The average Bonchev–Trinajstić information content (AvgIpc) is 3.09. The fourth-order valence-electron chi connectivity index (χ4n) is 2.45. The summed E-state index contributed by atoms with van der Waals surface area (Å²) in [5, 5.41) is 2.80. The van der Waals surface area contributed by atoms with Crippen LogP contribution in [0.15, 0.2) is 55.1 Å². The zero-order valence-corrected chi connectivity index (χ0v) is 13.1. The molecule has 0 saturated carbocycles. The molecule has 0 spiro atoms. The first-order valence-electron chi connectivity index (χ1n) is 7.56. The lowest BCUT2D eigenvalue weighted by molar-refractivity contribution is -0.137. The number of imidazole rings is 1. The maximum Gasteiger partial charge on any atom is 0.416 e.